The summed E-state index contributed by atoms with van der Waals surface area (Å²) in [5.74, 6) is 0. The number of likely N-dealkylation sites (N-methyl/N-ethyl adjacent to an activating group) is 1. The summed E-state index contributed by atoms with van der Waals surface area (Å²) in [4.78, 5) is 2.31. The third-order valence-electron chi connectivity index (χ3n) is 3.27. The van der Waals surface area contributed by atoms with Crippen LogP contribution in [0.25, 0.3) is 0 Å². The van der Waals surface area contributed by atoms with Crippen LogP contribution in [0.5, 0.6) is 0 Å². The molecule has 3 nitrogen and oxygen atoms in total. The number of rotatable bonds is 8. The van der Waals surface area contributed by atoms with Gasteiger partial charge in [-0.1, -0.05) is 19.1 Å². The molecule has 3 heteroatoms. The largest absolute Gasteiger partial charge is 0.383 e. The van der Waals surface area contributed by atoms with E-state index in [1.165, 1.54) is 11.3 Å². The Morgan fingerprint density at radius 3 is 2.39 bits per heavy atom. The molecule has 1 aromatic carbocycles. The van der Waals surface area contributed by atoms with E-state index in [-0.39, 0.29) is 6.04 Å². The van der Waals surface area contributed by atoms with Crippen molar-refractivity contribution in [1.29, 1.82) is 0 Å². The van der Waals surface area contributed by atoms with E-state index in [1.807, 2.05) is 0 Å². The summed E-state index contributed by atoms with van der Waals surface area (Å²) in [6.07, 6.45) is 1.98. The maximum Gasteiger partial charge on any atom is 0.0637 e. The molecular formula is C15H26N2O. The molecule has 0 aliphatic rings. The summed E-state index contributed by atoms with van der Waals surface area (Å²) >= 11 is 0. The van der Waals surface area contributed by atoms with Crippen molar-refractivity contribution in [3.8, 4) is 0 Å². The van der Waals surface area contributed by atoms with Gasteiger partial charge in [-0.05, 0) is 37.5 Å². The first-order valence-electron chi connectivity index (χ1n) is 6.79. The van der Waals surface area contributed by atoms with E-state index in [2.05, 4.69) is 43.0 Å². The Labute approximate surface area is 111 Å². The van der Waals surface area contributed by atoms with Crippen LogP contribution in [0, 0.1) is 0 Å². The average molecular weight is 250 g/mol. The zero-order valence-corrected chi connectivity index (χ0v) is 11.9. The predicted octanol–water partition coefficient (Wildman–Crippen LogP) is 2.44. The molecule has 1 unspecified atom stereocenters. The Morgan fingerprint density at radius 2 is 1.89 bits per heavy atom. The standard InChI is InChI=1S/C15H26N2O/c1-4-14(16)12-13-6-8-15(9-7-13)17(5-2)10-11-18-3/h6-9,14H,4-5,10-12,16H2,1-3H3. The Balaban J connectivity index is 2.62. The van der Waals surface area contributed by atoms with E-state index in [1.54, 1.807) is 7.11 Å². The molecule has 0 aliphatic carbocycles. The van der Waals surface area contributed by atoms with Crippen LogP contribution in [0.3, 0.4) is 0 Å². The molecule has 0 heterocycles. The van der Waals surface area contributed by atoms with Crippen molar-refractivity contribution in [3.05, 3.63) is 29.8 Å². The molecule has 0 amide bonds. The van der Waals surface area contributed by atoms with Crippen molar-refractivity contribution in [3.63, 3.8) is 0 Å². The zero-order valence-electron chi connectivity index (χ0n) is 11.9. The van der Waals surface area contributed by atoms with Gasteiger partial charge in [-0.25, -0.2) is 0 Å². The Hall–Kier alpha value is -1.06. The first-order chi connectivity index (χ1) is 8.71. The van der Waals surface area contributed by atoms with E-state index in [9.17, 15) is 0 Å². The molecule has 2 N–H and O–H groups in total. The molecule has 0 aliphatic heterocycles. The number of methoxy groups -OCH3 is 1. The van der Waals surface area contributed by atoms with E-state index in [0.29, 0.717) is 0 Å². The number of hydrogen-bond acceptors (Lipinski definition) is 3. The molecule has 0 saturated heterocycles. The van der Waals surface area contributed by atoms with Crippen LogP contribution in [-0.2, 0) is 11.2 Å². The number of anilines is 1. The highest BCUT2D eigenvalue weighted by atomic mass is 16.5. The van der Waals surface area contributed by atoms with Crippen LogP contribution in [0.4, 0.5) is 5.69 Å². The summed E-state index contributed by atoms with van der Waals surface area (Å²) < 4.78 is 5.13. The van der Waals surface area contributed by atoms with Gasteiger partial charge < -0.3 is 15.4 Å². The number of nitrogens with two attached hydrogens (primary N) is 1. The van der Waals surface area contributed by atoms with Crippen LogP contribution in [-0.4, -0.2) is 32.8 Å². The fourth-order valence-electron chi connectivity index (χ4n) is 1.96. The zero-order chi connectivity index (χ0) is 13.4. The lowest BCUT2D eigenvalue weighted by Crippen LogP contribution is -2.26. The highest BCUT2D eigenvalue weighted by Crippen LogP contribution is 2.16. The van der Waals surface area contributed by atoms with E-state index >= 15 is 0 Å². The number of hydrogen-bond donors (Lipinski definition) is 1. The summed E-state index contributed by atoms with van der Waals surface area (Å²) in [5.41, 5.74) is 8.54. The minimum atomic E-state index is 0.270. The Bertz CT molecular complexity index is 324. The topological polar surface area (TPSA) is 38.5 Å². The van der Waals surface area contributed by atoms with Crippen LogP contribution in [0.2, 0.25) is 0 Å². The molecule has 1 rings (SSSR count). The van der Waals surface area contributed by atoms with Crippen molar-refractivity contribution in [2.45, 2.75) is 32.7 Å². The van der Waals surface area contributed by atoms with Gasteiger partial charge in [0.1, 0.15) is 0 Å². The molecule has 1 atom stereocenters. The number of benzene rings is 1. The smallest absolute Gasteiger partial charge is 0.0637 e. The minimum absolute atomic E-state index is 0.270. The van der Waals surface area contributed by atoms with Gasteiger partial charge in [0.05, 0.1) is 6.61 Å². The van der Waals surface area contributed by atoms with Gasteiger partial charge in [0.25, 0.3) is 0 Å². The number of nitrogens with zero attached hydrogens (tertiary/aromatic N) is 1. The maximum atomic E-state index is 5.97. The lowest BCUT2D eigenvalue weighted by molar-refractivity contribution is 0.205. The molecule has 0 bridgehead atoms. The molecule has 0 spiro atoms. The fraction of sp³-hybridized carbons (Fsp3) is 0.600. The first kappa shape index (κ1) is 15.0. The van der Waals surface area contributed by atoms with Gasteiger partial charge in [0, 0.05) is 31.9 Å². The normalized spacial score (nSPS) is 12.4. The molecule has 18 heavy (non-hydrogen) atoms. The van der Waals surface area contributed by atoms with Crippen molar-refractivity contribution < 1.29 is 4.74 Å². The lowest BCUT2D eigenvalue weighted by Gasteiger charge is -2.23. The van der Waals surface area contributed by atoms with Crippen LogP contribution < -0.4 is 10.6 Å². The second-order valence-electron chi connectivity index (χ2n) is 4.61. The van der Waals surface area contributed by atoms with Crippen LogP contribution in [0.15, 0.2) is 24.3 Å². The van der Waals surface area contributed by atoms with Gasteiger partial charge in [0.2, 0.25) is 0 Å². The van der Waals surface area contributed by atoms with Crippen molar-refractivity contribution >= 4 is 5.69 Å². The summed E-state index contributed by atoms with van der Waals surface area (Å²) in [5, 5.41) is 0. The van der Waals surface area contributed by atoms with E-state index < -0.39 is 0 Å². The third kappa shape index (κ3) is 4.67. The molecule has 1 aromatic rings. The minimum Gasteiger partial charge on any atom is -0.383 e. The fourth-order valence-corrected chi connectivity index (χ4v) is 1.96. The highest BCUT2D eigenvalue weighted by Gasteiger charge is 2.05. The first-order valence-corrected chi connectivity index (χ1v) is 6.79. The van der Waals surface area contributed by atoms with Gasteiger partial charge in [-0.3, -0.25) is 0 Å². The summed E-state index contributed by atoms with van der Waals surface area (Å²) in [6, 6.07) is 8.99. The number of ether oxygens (including phenoxy) is 1. The quantitative estimate of drug-likeness (QED) is 0.770. The molecule has 0 fully saturated rings. The lowest BCUT2D eigenvalue weighted by atomic mass is 10.0. The van der Waals surface area contributed by atoms with Gasteiger partial charge in [-0.2, -0.15) is 0 Å². The maximum absolute atomic E-state index is 5.97. The van der Waals surface area contributed by atoms with Crippen molar-refractivity contribution in [1.82, 2.24) is 0 Å². The summed E-state index contributed by atoms with van der Waals surface area (Å²) in [6.45, 7) is 6.98. The molecule has 102 valence electrons. The predicted molar refractivity (Wildman–Crippen MR) is 78.2 cm³/mol. The van der Waals surface area contributed by atoms with Gasteiger partial charge >= 0.3 is 0 Å². The highest BCUT2D eigenvalue weighted by molar-refractivity contribution is 5.47. The SMILES string of the molecule is CCC(N)Cc1ccc(N(CC)CCOC)cc1. The second-order valence-corrected chi connectivity index (χ2v) is 4.61. The van der Waals surface area contributed by atoms with Crippen molar-refractivity contribution in [2.24, 2.45) is 5.73 Å². The molecule has 0 saturated carbocycles. The molecular weight excluding hydrogens is 224 g/mol. The monoisotopic (exact) mass is 250 g/mol. The van der Waals surface area contributed by atoms with Crippen LogP contribution >= 0.6 is 0 Å². The van der Waals surface area contributed by atoms with Gasteiger partial charge in [0.15, 0.2) is 0 Å². The second kappa shape index (κ2) is 8.11. The van der Waals surface area contributed by atoms with E-state index in [0.717, 1.165) is 32.5 Å². The Morgan fingerprint density at radius 1 is 1.22 bits per heavy atom. The van der Waals surface area contributed by atoms with Crippen LogP contribution in [0.1, 0.15) is 25.8 Å². The Kier molecular flexibility index (Phi) is 6.76. The molecule has 0 radical (unpaired) electrons. The molecule has 0 aromatic heterocycles. The van der Waals surface area contributed by atoms with Gasteiger partial charge in [-0.15, -0.1) is 0 Å². The summed E-state index contributed by atoms with van der Waals surface area (Å²) in [7, 11) is 1.74. The third-order valence-corrected chi connectivity index (χ3v) is 3.27. The average Bonchev–Trinajstić information content (AvgIpc) is 2.41. The van der Waals surface area contributed by atoms with E-state index in [4.69, 9.17) is 10.5 Å². The van der Waals surface area contributed by atoms with Crippen molar-refractivity contribution in [2.75, 3.05) is 31.7 Å².